The highest BCUT2D eigenvalue weighted by Crippen LogP contribution is 2.19. The molecule has 0 fully saturated rings. The van der Waals surface area contributed by atoms with Crippen LogP contribution in [-0.2, 0) is 22.6 Å². The molecular weight excluding hydrogens is 355 g/mol. The summed E-state index contributed by atoms with van der Waals surface area (Å²) >= 11 is 6.16. The summed E-state index contributed by atoms with van der Waals surface area (Å²) in [5.74, 6) is -0.791. The normalized spacial score (nSPS) is 11.7. The number of nitrogens with one attached hydrogen (secondary N) is 1. The quantitative estimate of drug-likeness (QED) is 0.803. The molecule has 0 radical (unpaired) electrons. The smallest absolute Gasteiger partial charge is 0.242 e. The lowest BCUT2D eigenvalue weighted by molar-refractivity contribution is -0.140. The molecule has 0 aromatic heterocycles. The van der Waals surface area contributed by atoms with Gasteiger partial charge in [-0.3, -0.25) is 9.59 Å². The van der Waals surface area contributed by atoms with Crippen LogP contribution in [0.5, 0.6) is 0 Å². The van der Waals surface area contributed by atoms with E-state index in [4.69, 9.17) is 11.6 Å². The van der Waals surface area contributed by atoms with Crippen molar-refractivity contribution in [3.05, 3.63) is 70.5 Å². The van der Waals surface area contributed by atoms with Gasteiger partial charge in [0.1, 0.15) is 11.9 Å². The molecule has 26 heavy (non-hydrogen) atoms. The molecule has 0 bridgehead atoms. The topological polar surface area (TPSA) is 49.4 Å². The number of amides is 2. The third kappa shape index (κ3) is 5.05. The van der Waals surface area contributed by atoms with Crippen LogP contribution in [0.15, 0.2) is 48.5 Å². The van der Waals surface area contributed by atoms with Crippen molar-refractivity contribution in [3.63, 3.8) is 0 Å². The van der Waals surface area contributed by atoms with E-state index in [-0.39, 0.29) is 30.6 Å². The van der Waals surface area contributed by atoms with Crippen molar-refractivity contribution in [3.8, 4) is 0 Å². The molecule has 0 aliphatic rings. The molecule has 2 aromatic carbocycles. The van der Waals surface area contributed by atoms with E-state index in [1.54, 1.807) is 37.4 Å². The fraction of sp³-hybridized carbons (Fsp3) is 0.300. The van der Waals surface area contributed by atoms with Gasteiger partial charge in [0.25, 0.3) is 0 Å². The molecule has 0 saturated heterocycles. The molecule has 0 aliphatic heterocycles. The molecule has 1 N–H and O–H groups in total. The number of hydrogen-bond acceptors (Lipinski definition) is 2. The van der Waals surface area contributed by atoms with Crippen molar-refractivity contribution in [1.29, 1.82) is 0 Å². The number of hydrogen-bond donors (Lipinski definition) is 1. The number of likely N-dealkylation sites (N-methyl/N-ethyl adjacent to an activating group) is 1. The van der Waals surface area contributed by atoms with Crippen molar-refractivity contribution in [2.24, 2.45) is 0 Å². The van der Waals surface area contributed by atoms with Gasteiger partial charge < -0.3 is 10.2 Å². The SMILES string of the molecule is CCC(C(=O)NC)N(Cc1ccc(F)cc1)C(=O)Cc1ccccc1Cl. The van der Waals surface area contributed by atoms with Crippen molar-refractivity contribution < 1.29 is 14.0 Å². The summed E-state index contributed by atoms with van der Waals surface area (Å²) in [6.07, 6.45) is 0.559. The van der Waals surface area contributed by atoms with Crippen LogP contribution in [0.2, 0.25) is 5.02 Å². The summed E-state index contributed by atoms with van der Waals surface area (Å²) < 4.78 is 13.2. The monoisotopic (exact) mass is 376 g/mol. The average molecular weight is 377 g/mol. The van der Waals surface area contributed by atoms with E-state index >= 15 is 0 Å². The van der Waals surface area contributed by atoms with Crippen molar-refractivity contribution in [2.75, 3.05) is 7.05 Å². The zero-order valence-electron chi connectivity index (χ0n) is 14.8. The molecule has 0 aliphatic carbocycles. The van der Waals surface area contributed by atoms with Gasteiger partial charge in [-0.05, 0) is 35.7 Å². The van der Waals surface area contributed by atoms with Crippen LogP contribution in [0, 0.1) is 5.82 Å². The number of nitrogens with zero attached hydrogens (tertiary/aromatic N) is 1. The second-order valence-electron chi connectivity index (χ2n) is 5.95. The predicted octanol–water partition coefficient (Wildman–Crippen LogP) is 3.58. The Labute approximate surface area is 158 Å². The van der Waals surface area contributed by atoms with E-state index in [9.17, 15) is 14.0 Å². The Balaban J connectivity index is 2.29. The fourth-order valence-electron chi connectivity index (χ4n) is 2.78. The number of halogens is 2. The summed E-state index contributed by atoms with van der Waals surface area (Å²) in [7, 11) is 1.54. The minimum atomic E-state index is -0.611. The Hall–Kier alpha value is -2.40. The van der Waals surface area contributed by atoms with Gasteiger partial charge in [-0.1, -0.05) is 48.9 Å². The molecule has 1 atom stereocenters. The van der Waals surface area contributed by atoms with Crippen LogP contribution in [0.25, 0.3) is 0 Å². The maximum Gasteiger partial charge on any atom is 0.242 e. The maximum absolute atomic E-state index is 13.2. The predicted molar refractivity (Wildman–Crippen MR) is 100 cm³/mol. The van der Waals surface area contributed by atoms with E-state index in [2.05, 4.69) is 5.32 Å². The third-order valence-electron chi connectivity index (χ3n) is 4.20. The molecule has 138 valence electrons. The van der Waals surface area contributed by atoms with Gasteiger partial charge >= 0.3 is 0 Å². The summed E-state index contributed by atoms with van der Waals surface area (Å²) in [6.45, 7) is 2.07. The van der Waals surface area contributed by atoms with Crippen LogP contribution in [0.4, 0.5) is 4.39 Å². The first-order valence-corrected chi connectivity index (χ1v) is 8.83. The number of rotatable bonds is 7. The Morgan fingerprint density at radius 3 is 2.38 bits per heavy atom. The standard InChI is InChI=1S/C20H22ClFN2O2/c1-3-18(20(26)23-2)24(13-14-8-10-16(22)11-9-14)19(25)12-15-6-4-5-7-17(15)21/h4-11,18H,3,12-13H2,1-2H3,(H,23,26). The maximum atomic E-state index is 13.2. The lowest BCUT2D eigenvalue weighted by atomic mass is 10.1. The van der Waals surface area contributed by atoms with Gasteiger partial charge in [0, 0.05) is 18.6 Å². The molecular formula is C20H22ClFN2O2. The summed E-state index contributed by atoms with van der Waals surface area (Å²) in [5, 5.41) is 3.11. The average Bonchev–Trinajstić information content (AvgIpc) is 2.64. The first-order valence-electron chi connectivity index (χ1n) is 8.45. The largest absolute Gasteiger partial charge is 0.357 e. The molecule has 6 heteroatoms. The molecule has 2 amide bonds. The van der Waals surface area contributed by atoms with E-state index < -0.39 is 6.04 Å². The molecule has 0 saturated carbocycles. The zero-order chi connectivity index (χ0) is 19.1. The highest BCUT2D eigenvalue weighted by Gasteiger charge is 2.28. The van der Waals surface area contributed by atoms with Crippen LogP contribution in [0.1, 0.15) is 24.5 Å². The van der Waals surface area contributed by atoms with Crippen molar-refractivity contribution >= 4 is 23.4 Å². The number of benzene rings is 2. The van der Waals surface area contributed by atoms with Gasteiger partial charge in [-0.15, -0.1) is 0 Å². The Morgan fingerprint density at radius 1 is 1.15 bits per heavy atom. The Kier molecular flexibility index (Phi) is 7.16. The van der Waals surface area contributed by atoms with E-state index in [1.807, 2.05) is 13.0 Å². The van der Waals surface area contributed by atoms with Gasteiger partial charge in [0.05, 0.1) is 6.42 Å². The van der Waals surface area contributed by atoms with Gasteiger partial charge in [0.2, 0.25) is 11.8 Å². The third-order valence-corrected chi connectivity index (χ3v) is 4.57. The van der Waals surface area contributed by atoms with E-state index in [0.717, 1.165) is 5.56 Å². The first-order chi connectivity index (χ1) is 12.5. The molecule has 4 nitrogen and oxygen atoms in total. The molecule has 0 spiro atoms. The van der Waals surface area contributed by atoms with Crippen LogP contribution >= 0.6 is 11.6 Å². The summed E-state index contributed by atoms with van der Waals surface area (Å²) in [5.41, 5.74) is 1.45. The Bertz CT molecular complexity index is 765. The van der Waals surface area contributed by atoms with Crippen LogP contribution in [-0.4, -0.2) is 29.8 Å². The highest BCUT2D eigenvalue weighted by atomic mass is 35.5. The van der Waals surface area contributed by atoms with Crippen LogP contribution in [0.3, 0.4) is 0 Å². The minimum absolute atomic E-state index is 0.0916. The molecule has 0 heterocycles. The highest BCUT2D eigenvalue weighted by molar-refractivity contribution is 6.31. The fourth-order valence-corrected chi connectivity index (χ4v) is 2.98. The van der Waals surface area contributed by atoms with E-state index in [0.29, 0.717) is 17.0 Å². The van der Waals surface area contributed by atoms with Crippen molar-refractivity contribution in [2.45, 2.75) is 32.4 Å². The number of carbonyl (C=O) groups excluding carboxylic acids is 2. The van der Waals surface area contributed by atoms with Gasteiger partial charge in [-0.2, -0.15) is 0 Å². The minimum Gasteiger partial charge on any atom is -0.357 e. The van der Waals surface area contributed by atoms with E-state index in [1.165, 1.54) is 17.0 Å². The summed E-state index contributed by atoms with van der Waals surface area (Å²) in [4.78, 5) is 26.8. The lowest BCUT2D eigenvalue weighted by Crippen LogP contribution is -2.48. The first kappa shape index (κ1) is 19.9. The molecule has 2 aromatic rings. The second kappa shape index (κ2) is 9.34. The summed E-state index contributed by atoms with van der Waals surface area (Å²) in [6, 6.07) is 12.4. The van der Waals surface area contributed by atoms with Crippen molar-refractivity contribution in [1.82, 2.24) is 10.2 Å². The zero-order valence-corrected chi connectivity index (χ0v) is 15.6. The molecule has 1 unspecified atom stereocenters. The second-order valence-corrected chi connectivity index (χ2v) is 6.36. The lowest BCUT2D eigenvalue weighted by Gasteiger charge is -2.30. The Morgan fingerprint density at radius 2 is 1.81 bits per heavy atom. The van der Waals surface area contributed by atoms with Gasteiger partial charge in [0.15, 0.2) is 0 Å². The molecule has 2 rings (SSSR count). The van der Waals surface area contributed by atoms with Crippen LogP contribution < -0.4 is 5.32 Å². The van der Waals surface area contributed by atoms with Gasteiger partial charge in [-0.25, -0.2) is 4.39 Å². The number of carbonyl (C=O) groups is 2.